The van der Waals surface area contributed by atoms with Crippen molar-refractivity contribution in [3.63, 3.8) is 0 Å². The Morgan fingerprint density at radius 2 is 1.41 bits per heavy atom. The lowest BCUT2D eigenvalue weighted by atomic mass is 10.00. The summed E-state index contributed by atoms with van der Waals surface area (Å²) < 4.78 is 2.45. The second-order valence-corrected chi connectivity index (χ2v) is 13.9. The molecule has 0 N–H and O–H groups in total. The van der Waals surface area contributed by atoms with Crippen LogP contribution in [-0.2, 0) is 0 Å². The summed E-state index contributed by atoms with van der Waals surface area (Å²) in [6.45, 7) is 16.2. The number of pyridine rings is 1. The number of para-hydroxylation sites is 1. The number of fused-ring (bicyclic) bond motifs is 1. The first-order chi connectivity index (χ1) is 12.7. The van der Waals surface area contributed by atoms with Crippen LogP contribution in [0.4, 0.5) is 0 Å². The largest absolute Gasteiger partial charge is 0.324 e. The smallest absolute Gasteiger partial charge is 0.128 e. The third-order valence-electron chi connectivity index (χ3n) is 4.84. The summed E-state index contributed by atoms with van der Waals surface area (Å²) in [6, 6.07) is 20.3. The molecule has 0 fully saturated rings. The van der Waals surface area contributed by atoms with E-state index in [1.807, 2.05) is 0 Å². The molecule has 2 nitrogen and oxygen atoms in total. The van der Waals surface area contributed by atoms with E-state index in [1.54, 1.807) is 0 Å². The maximum Gasteiger partial charge on any atom is 0.128 e. The highest BCUT2D eigenvalue weighted by molar-refractivity contribution is 6.89. The average molecular weight is 377 g/mol. The van der Waals surface area contributed by atoms with Crippen molar-refractivity contribution >= 4 is 24.2 Å². The molecule has 0 unspecified atom stereocenters. The molecule has 3 rings (SSSR count). The van der Waals surface area contributed by atoms with Gasteiger partial charge in [0.25, 0.3) is 0 Å². The van der Waals surface area contributed by atoms with Gasteiger partial charge in [0.1, 0.15) is 5.49 Å². The average Bonchev–Trinajstić information content (AvgIpc) is 2.59. The number of hydrogen-bond acceptors (Lipinski definition) is 1. The maximum atomic E-state index is 5.18. The summed E-state index contributed by atoms with van der Waals surface area (Å²) in [7, 11) is -1.68. The molecule has 0 atom stereocenters. The molecule has 142 valence electrons. The third kappa shape index (κ3) is 3.79. The molecule has 0 aliphatic rings. The Balaban J connectivity index is 2.67. The molecule has 1 heterocycles. The van der Waals surface area contributed by atoms with E-state index in [1.165, 1.54) is 32.7 Å². The van der Waals surface area contributed by atoms with Gasteiger partial charge in [0, 0.05) is 17.5 Å². The van der Waals surface area contributed by atoms with Crippen molar-refractivity contribution in [2.45, 2.75) is 59.4 Å². The van der Waals surface area contributed by atoms with Crippen LogP contribution in [0, 0.1) is 0 Å². The Bertz CT molecular complexity index is 1010. The van der Waals surface area contributed by atoms with Gasteiger partial charge < -0.3 is 4.57 Å². The molecular formula is C24H32N2Si. The summed E-state index contributed by atoms with van der Waals surface area (Å²) in [5, 5.41) is 2.80. The Labute approximate surface area is 164 Å². The van der Waals surface area contributed by atoms with Gasteiger partial charge in [-0.05, 0) is 50.1 Å². The third-order valence-corrected chi connectivity index (χ3v) is 6.82. The predicted molar refractivity (Wildman–Crippen MR) is 121 cm³/mol. The van der Waals surface area contributed by atoms with E-state index in [0.29, 0.717) is 6.04 Å². The zero-order valence-corrected chi connectivity index (χ0v) is 18.7. The summed E-state index contributed by atoms with van der Waals surface area (Å²) in [6.07, 6.45) is 0. The standard InChI is InChI=1S/C24H32N2Si/c1-17(2)25-24-23(27(5,6)7)22(19-13-9-8-10-14-19)20-15-11-12-16-21(20)26(24)18(3)4/h8-18H,1-7H3. The van der Waals surface area contributed by atoms with Gasteiger partial charge in [-0.2, -0.15) is 0 Å². The van der Waals surface area contributed by atoms with Gasteiger partial charge in [-0.15, -0.1) is 0 Å². The van der Waals surface area contributed by atoms with E-state index in [4.69, 9.17) is 4.99 Å². The van der Waals surface area contributed by atoms with E-state index < -0.39 is 8.07 Å². The van der Waals surface area contributed by atoms with Crippen molar-refractivity contribution in [2.24, 2.45) is 4.99 Å². The van der Waals surface area contributed by atoms with Gasteiger partial charge in [-0.25, -0.2) is 0 Å². The van der Waals surface area contributed by atoms with E-state index in [2.05, 4.69) is 107 Å². The van der Waals surface area contributed by atoms with Crippen LogP contribution in [0.3, 0.4) is 0 Å². The van der Waals surface area contributed by atoms with E-state index in [-0.39, 0.29) is 6.04 Å². The minimum atomic E-state index is -1.68. The lowest BCUT2D eigenvalue weighted by Gasteiger charge is -2.28. The maximum absolute atomic E-state index is 5.18. The highest BCUT2D eigenvalue weighted by atomic mass is 28.3. The van der Waals surface area contributed by atoms with Crippen molar-refractivity contribution in [2.75, 3.05) is 0 Å². The van der Waals surface area contributed by atoms with Crippen LogP contribution in [-0.4, -0.2) is 18.7 Å². The Morgan fingerprint density at radius 3 is 1.96 bits per heavy atom. The summed E-state index contributed by atoms with van der Waals surface area (Å²) in [5.41, 5.74) is 5.12. The minimum absolute atomic E-state index is 0.259. The number of hydrogen-bond donors (Lipinski definition) is 0. The molecule has 0 spiro atoms. The number of rotatable bonds is 4. The monoisotopic (exact) mass is 376 g/mol. The molecule has 0 aliphatic heterocycles. The van der Waals surface area contributed by atoms with Crippen LogP contribution in [0.5, 0.6) is 0 Å². The number of nitrogens with zero attached hydrogens (tertiary/aromatic N) is 2. The molecule has 0 amide bonds. The first-order valence-electron chi connectivity index (χ1n) is 9.98. The quantitative estimate of drug-likeness (QED) is 0.516. The minimum Gasteiger partial charge on any atom is -0.324 e. The number of aromatic nitrogens is 1. The van der Waals surface area contributed by atoms with Gasteiger partial charge in [0.2, 0.25) is 0 Å². The van der Waals surface area contributed by atoms with Crippen LogP contribution in [0.15, 0.2) is 59.6 Å². The van der Waals surface area contributed by atoms with Crippen molar-refractivity contribution < 1.29 is 0 Å². The lowest BCUT2D eigenvalue weighted by Crippen LogP contribution is -2.53. The molecule has 2 aromatic carbocycles. The van der Waals surface area contributed by atoms with E-state index in [0.717, 1.165) is 0 Å². The summed E-state index contributed by atoms with van der Waals surface area (Å²) in [5.74, 6) is 0. The topological polar surface area (TPSA) is 17.3 Å². The molecule has 0 aliphatic carbocycles. The van der Waals surface area contributed by atoms with Crippen LogP contribution >= 0.6 is 0 Å². The van der Waals surface area contributed by atoms with Crippen molar-refractivity contribution in [3.05, 3.63) is 60.1 Å². The fourth-order valence-electron chi connectivity index (χ4n) is 3.89. The zero-order chi connectivity index (χ0) is 19.8. The molecule has 0 saturated heterocycles. The highest BCUT2D eigenvalue weighted by Crippen LogP contribution is 2.29. The summed E-state index contributed by atoms with van der Waals surface area (Å²) >= 11 is 0. The van der Waals surface area contributed by atoms with Gasteiger partial charge in [0.15, 0.2) is 0 Å². The van der Waals surface area contributed by atoms with E-state index in [9.17, 15) is 0 Å². The Hall–Kier alpha value is -2.13. The van der Waals surface area contributed by atoms with Crippen LogP contribution < -0.4 is 10.7 Å². The lowest BCUT2D eigenvalue weighted by molar-refractivity contribution is 0.583. The molecule has 3 aromatic rings. The molecular weight excluding hydrogens is 344 g/mol. The van der Waals surface area contributed by atoms with Crippen LogP contribution in [0.25, 0.3) is 22.0 Å². The number of benzene rings is 2. The van der Waals surface area contributed by atoms with Gasteiger partial charge in [-0.1, -0.05) is 68.2 Å². The molecule has 27 heavy (non-hydrogen) atoms. The van der Waals surface area contributed by atoms with Crippen molar-refractivity contribution in [1.82, 2.24) is 4.57 Å². The fraction of sp³-hybridized carbons (Fsp3) is 0.375. The highest BCUT2D eigenvalue weighted by Gasteiger charge is 2.28. The van der Waals surface area contributed by atoms with E-state index >= 15 is 0 Å². The predicted octanol–water partition coefficient (Wildman–Crippen LogP) is 5.74. The second kappa shape index (κ2) is 7.47. The normalized spacial score (nSPS) is 13.1. The van der Waals surface area contributed by atoms with Crippen LogP contribution in [0.2, 0.25) is 19.6 Å². The first kappa shape index (κ1) is 19.6. The molecule has 3 heteroatoms. The van der Waals surface area contributed by atoms with Crippen molar-refractivity contribution in [1.29, 1.82) is 0 Å². The van der Waals surface area contributed by atoms with Gasteiger partial charge in [-0.3, -0.25) is 4.99 Å². The molecule has 0 radical (unpaired) electrons. The summed E-state index contributed by atoms with van der Waals surface area (Å²) in [4.78, 5) is 5.18. The van der Waals surface area contributed by atoms with Gasteiger partial charge >= 0.3 is 0 Å². The molecule has 0 saturated carbocycles. The SMILES string of the molecule is CC(C)N=c1c([Si](C)(C)C)c(-c2ccccc2)c2ccccc2n1C(C)C. The fourth-order valence-corrected chi connectivity index (χ4v) is 5.77. The first-order valence-corrected chi connectivity index (χ1v) is 13.5. The van der Waals surface area contributed by atoms with Gasteiger partial charge in [0.05, 0.1) is 13.6 Å². The Morgan fingerprint density at radius 1 is 0.815 bits per heavy atom. The molecule has 0 bridgehead atoms. The molecule has 1 aromatic heterocycles. The zero-order valence-electron chi connectivity index (χ0n) is 17.7. The van der Waals surface area contributed by atoms with Crippen LogP contribution in [0.1, 0.15) is 33.7 Å². The van der Waals surface area contributed by atoms with Crippen molar-refractivity contribution in [3.8, 4) is 11.1 Å². The Kier molecular flexibility index (Phi) is 5.43. The second-order valence-electron chi connectivity index (χ2n) is 8.89.